The fraction of sp³-hybridized carbons (Fsp3) is 0.417. The van der Waals surface area contributed by atoms with Crippen molar-refractivity contribution in [3.05, 3.63) is 35.4 Å². The zero-order valence-corrected chi connectivity index (χ0v) is 9.10. The molecule has 15 heavy (non-hydrogen) atoms. The molecule has 1 aromatic rings. The molecule has 1 aromatic carbocycles. The standard InChI is InChI=1S/C12H17NO2/c1-8(2)10-5-3-4-9(6-10)7-11(13)12(14)15/h3-6,8,11H,7,13H2,1-2H3,(H,14,15)/t11-/m0/s1. The fourth-order valence-electron chi connectivity index (χ4n) is 1.42. The van der Waals surface area contributed by atoms with Gasteiger partial charge in [0, 0.05) is 0 Å². The van der Waals surface area contributed by atoms with Crippen molar-refractivity contribution in [3.8, 4) is 0 Å². The van der Waals surface area contributed by atoms with Crippen molar-refractivity contribution in [2.45, 2.75) is 32.2 Å². The minimum absolute atomic E-state index is 0.385. The van der Waals surface area contributed by atoms with E-state index < -0.39 is 12.0 Å². The normalized spacial score (nSPS) is 12.8. The van der Waals surface area contributed by atoms with Crippen LogP contribution < -0.4 is 5.73 Å². The van der Waals surface area contributed by atoms with E-state index in [0.29, 0.717) is 12.3 Å². The lowest BCUT2D eigenvalue weighted by molar-refractivity contribution is -0.138. The average Bonchev–Trinajstić information content (AvgIpc) is 2.18. The fourth-order valence-corrected chi connectivity index (χ4v) is 1.42. The highest BCUT2D eigenvalue weighted by atomic mass is 16.4. The minimum atomic E-state index is -0.954. The van der Waals surface area contributed by atoms with Gasteiger partial charge in [0.05, 0.1) is 0 Å². The largest absolute Gasteiger partial charge is 0.480 e. The predicted molar refractivity (Wildman–Crippen MR) is 59.8 cm³/mol. The third-order valence-corrected chi connectivity index (χ3v) is 2.39. The molecule has 0 unspecified atom stereocenters. The lowest BCUT2D eigenvalue weighted by Crippen LogP contribution is -2.32. The Kier molecular flexibility index (Phi) is 3.86. The van der Waals surface area contributed by atoms with Gasteiger partial charge in [-0.1, -0.05) is 38.1 Å². The summed E-state index contributed by atoms with van der Waals surface area (Å²) in [5.74, 6) is -0.504. The van der Waals surface area contributed by atoms with Crippen molar-refractivity contribution in [2.75, 3.05) is 0 Å². The van der Waals surface area contributed by atoms with Gasteiger partial charge in [0.25, 0.3) is 0 Å². The Morgan fingerprint density at radius 2 is 2.13 bits per heavy atom. The van der Waals surface area contributed by atoms with E-state index in [9.17, 15) is 4.79 Å². The van der Waals surface area contributed by atoms with Crippen LogP contribution in [0.2, 0.25) is 0 Å². The molecule has 82 valence electrons. The van der Waals surface area contributed by atoms with Crippen LogP contribution in [0.4, 0.5) is 0 Å². The Morgan fingerprint density at radius 1 is 1.47 bits per heavy atom. The number of benzene rings is 1. The van der Waals surface area contributed by atoms with Gasteiger partial charge in [-0.2, -0.15) is 0 Å². The highest BCUT2D eigenvalue weighted by molar-refractivity contribution is 5.73. The third kappa shape index (κ3) is 3.36. The Bertz CT molecular complexity index is 347. The Hall–Kier alpha value is -1.35. The zero-order valence-electron chi connectivity index (χ0n) is 9.10. The molecule has 0 amide bonds. The van der Waals surface area contributed by atoms with Crippen LogP contribution in [-0.4, -0.2) is 17.1 Å². The summed E-state index contributed by atoms with van der Waals surface area (Å²) in [5.41, 5.74) is 7.67. The van der Waals surface area contributed by atoms with Crippen LogP contribution in [0, 0.1) is 0 Å². The van der Waals surface area contributed by atoms with Crippen LogP contribution in [0.5, 0.6) is 0 Å². The number of carbonyl (C=O) groups is 1. The molecule has 1 rings (SSSR count). The first-order valence-corrected chi connectivity index (χ1v) is 5.08. The van der Waals surface area contributed by atoms with Gasteiger partial charge in [-0.25, -0.2) is 0 Å². The molecular formula is C12H17NO2. The summed E-state index contributed by atoms with van der Waals surface area (Å²) < 4.78 is 0. The molecule has 0 radical (unpaired) electrons. The number of aliphatic carboxylic acids is 1. The molecule has 0 fully saturated rings. The molecular weight excluding hydrogens is 190 g/mol. The SMILES string of the molecule is CC(C)c1cccc(C[C@H](N)C(=O)O)c1. The van der Waals surface area contributed by atoms with Gasteiger partial charge in [0.2, 0.25) is 0 Å². The first-order valence-electron chi connectivity index (χ1n) is 5.08. The van der Waals surface area contributed by atoms with Gasteiger partial charge in [-0.05, 0) is 23.5 Å². The number of nitrogens with two attached hydrogens (primary N) is 1. The number of carboxylic acid groups (broad SMARTS) is 1. The molecule has 0 heterocycles. The molecule has 3 heteroatoms. The molecule has 1 atom stereocenters. The van der Waals surface area contributed by atoms with Gasteiger partial charge in [-0.3, -0.25) is 4.79 Å². The lowest BCUT2D eigenvalue weighted by atomic mass is 9.98. The van der Waals surface area contributed by atoms with Crippen molar-refractivity contribution < 1.29 is 9.90 Å². The van der Waals surface area contributed by atoms with E-state index in [4.69, 9.17) is 10.8 Å². The summed E-state index contributed by atoms with van der Waals surface area (Å²) in [5, 5.41) is 8.70. The number of hydrogen-bond donors (Lipinski definition) is 2. The molecule has 0 aliphatic rings. The summed E-state index contributed by atoms with van der Waals surface area (Å²) in [7, 11) is 0. The Balaban J connectivity index is 2.78. The zero-order chi connectivity index (χ0) is 11.4. The van der Waals surface area contributed by atoms with Crippen LogP contribution in [-0.2, 0) is 11.2 Å². The Labute approximate surface area is 89.9 Å². The maximum atomic E-state index is 10.6. The summed E-state index contributed by atoms with van der Waals surface area (Å²) >= 11 is 0. The number of rotatable bonds is 4. The van der Waals surface area contributed by atoms with Gasteiger partial charge < -0.3 is 10.8 Å². The molecule has 0 spiro atoms. The monoisotopic (exact) mass is 207 g/mol. The first-order chi connectivity index (χ1) is 7.00. The van der Waals surface area contributed by atoms with Crippen molar-refractivity contribution >= 4 is 5.97 Å². The van der Waals surface area contributed by atoms with E-state index in [0.717, 1.165) is 5.56 Å². The topological polar surface area (TPSA) is 63.3 Å². The van der Waals surface area contributed by atoms with Crippen molar-refractivity contribution in [3.63, 3.8) is 0 Å². The van der Waals surface area contributed by atoms with Crippen molar-refractivity contribution in [1.82, 2.24) is 0 Å². The van der Waals surface area contributed by atoms with Crippen LogP contribution in [0.25, 0.3) is 0 Å². The van der Waals surface area contributed by atoms with E-state index in [2.05, 4.69) is 13.8 Å². The second-order valence-electron chi connectivity index (χ2n) is 4.05. The molecule has 0 aliphatic carbocycles. The molecule has 0 aliphatic heterocycles. The van der Waals surface area contributed by atoms with Crippen LogP contribution in [0.15, 0.2) is 24.3 Å². The summed E-state index contributed by atoms with van der Waals surface area (Å²) in [6.45, 7) is 4.21. The molecule has 0 saturated carbocycles. The molecule has 0 saturated heterocycles. The molecule has 0 aromatic heterocycles. The minimum Gasteiger partial charge on any atom is -0.480 e. The van der Waals surface area contributed by atoms with E-state index in [1.165, 1.54) is 5.56 Å². The van der Waals surface area contributed by atoms with Gasteiger partial charge >= 0.3 is 5.97 Å². The second kappa shape index (κ2) is 4.94. The predicted octanol–water partition coefficient (Wildman–Crippen LogP) is 1.76. The number of carboxylic acids is 1. The summed E-state index contributed by atoms with van der Waals surface area (Å²) in [6, 6.07) is 7.11. The van der Waals surface area contributed by atoms with E-state index in [-0.39, 0.29) is 0 Å². The van der Waals surface area contributed by atoms with E-state index in [1.807, 2.05) is 24.3 Å². The highest BCUT2D eigenvalue weighted by Crippen LogP contribution is 2.16. The van der Waals surface area contributed by atoms with Gasteiger partial charge in [-0.15, -0.1) is 0 Å². The van der Waals surface area contributed by atoms with E-state index in [1.54, 1.807) is 0 Å². The number of hydrogen-bond acceptors (Lipinski definition) is 2. The third-order valence-electron chi connectivity index (χ3n) is 2.39. The molecule has 3 nitrogen and oxygen atoms in total. The maximum Gasteiger partial charge on any atom is 0.320 e. The second-order valence-corrected chi connectivity index (χ2v) is 4.05. The molecule has 3 N–H and O–H groups in total. The van der Waals surface area contributed by atoms with Crippen molar-refractivity contribution in [2.24, 2.45) is 5.73 Å². The highest BCUT2D eigenvalue weighted by Gasteiger charge is 2.12. The van der Waals surface area contributed by atoms with Gasteiger partial charge in [0.15, 0.2) is 0 Å². The molecule has 0 bridgehead atoms. The quantitative estimate of drug-likeness (QED) is 0.790. The van der Waals surface area contributed by atoms with Crippen LogP contribution in [0.3, 0.4) is 0 Å². The first kappa shape index (κ1) is 11.7. The lowest BCUT2D eigenvalue weighted by Gasteiger charge is -2.10. The summed E-state index contributed by atoms with van der Waals surface area (Å²) in [6.07, 6.45) is 0.385. The van der Waals surface area contributed by atoms with E-state index >= 15 is 0 Å². The van der Waals surface area contributed by atoms with Crippen LogP contribution in [0.1, 0.15) is 30.9 Å². The Morgan fingerprint density at radius 3 is 2.67 bits per heavy atom. The maximum absolute atomic E-state index is 10.6. The van der Waals surface area contributed by atoms with Crippen molar-refractivity contribution in [1.29, 1.82) is 0 Å². The average molecular weight is 207 g/mol. The van der Waals surface area contributed by atoms with Gasteiger partial charge in [0.1, 0.15) is 6.04 Å². The van der Waals surface area contributed by atoms with Crippen LogP contribution >= 0.6 is 0 Å². The smallest absolute Gasteiger partial charge is 0.320 e. The summed E-state index contributed by atoms with van der Waals surface area (Å²) in [4.78, 5) is 10.6.